The maximum absolute atomic E-state index is 13.2. The summed E-state index contributed by atoms with van der Waals surface area (Å²) in [7, 11) is 3.41. The number of urea groups is 1. The Bertz CT molecular complexity index is 969. The molecule has 0 aliphatic carbocycles. The predicted molar refractivity (Wildman–Crippen MR) is 130 cm³/mol. The molecule has 1 aliphatic heterocycles. The number of ether oxygens (including phenoxy) is 2. The first-order chi connectivity index (χ1) is 15.8. The average Bonchev–Trinajstić information content (AvgIpc) is 2.80. The van der Waals surface area contributed by atoms with Crippen molar-refractivity contribution < 1.29 is 19.1 Å². The van der Waals surface area contributed by atoms with Crippen molar-refractivity contribution >= 4 is 34.9 Å². The van der Waals surface area contributed by atoms with Gasteiger partial charge in [0.25, 0.3) is 5.91 Å². The number of rotatable bonds is 3. The third-order valence-electron chi connectivity index (χ3n) is 5.59. The number of benzene rings is 2. The van der Waals surface area contributed by atoms with Crippen LogP contribution in [-0.4, -0.2) is 62.8 Å². The Kier molecular flexibility index (Phi) is 8.55. The molecule has 0 saturated heterocycles. The Morgan fingerprint density at radius 2 is 1.82 bits per heavy atom. The number of hydrogen-bond donors (Lipinski definition) is 3. The van der Waals surface area contributed by atoms with Crippen LogP contribution in [0.15, 0.2) is 42.5 Å². The molecule has 2 aromatic carbocycles. The van der Waals surface area contributed by atoms with Gasteiger partial charge in [0.05, 0.1) is 11.7 Å². The molecule has 1 aliphatic rings. The smallest absolute Gasteiger partial charge is 0.323 e. The zero-order valence-electron chi connectivity index (χ0n) is 19.4. The number of carbonyl (C=O) groups excluding carboxylic acids is 2. The van der Waals surface area contributed by atoms with Crippen molar-refractivity contribution in [3.63, 3.8) is 0 Å². The van der Waals surface area contributed by atoms with Gasteiger partial charge < -0.3 is 30.3 Å². The van der Waals surface area contributed by atoms with Gasteiger partial charge in [0.1, 0.15) is 12.4 Å². The Balaban J connectivity index is 1.80. The van der Waals surface area contributed by atoms with Crippen molar-refractivity contribution in [2.45, 2.75) is 26.0 Å². The Labute approximate surface area is 199 Å². The second-order valence-electron chi connectivity index (χ2n) is 8.35. The molecule has 3 N–H and O–H groups in total. The van der Waals surface area contributed by atoms with E-state index >= 15 is 0 Å². The largest absolute Gasteiger partial charge is 0.491 e. The Morgan fingerprint density at radius 1 is 1.15 bits per heavy atom. The number of nitrogens with one attached hydrogen (secondary N) is 3. The van der Waals surface area contributed by atoms with Gasteiger partial charge in [-0.3, -0.25) is 4.79 Å². The lowest BCUT2D eigenvalue weighted by Gasteiger charge is -2.30. The van der Waals surface area contributed by atoms with E-state index in [1.165, 1.54) is 0 Å². The fraction of sp³-hybridized carbons (Fsp3) is 0.417. The van der Waals surface area contributed by atoms with E-state index in [0.717, 1.165) is 6.54 Å². The fourth-order valence-corrected chi connectivity index (χ4v) is 3.69. The van der Waals surface area contributed by atoms with Crippen LogP contribution in [-0.2, 0) is 4.74 Å². The van der Waals surface area contributed by atoms with E-state index in [-0.39, 0.29) is 24.0 Å². The molecule has 178 valence electrons. The minimum Gasteiger partial charge on any atom is -0.491 e. The number of amides is 3. The highest BCUT2D eigenvalue weighted by Gasteiger charge is 2.25. The van der Waals surface area contributed by atoms with Gasteiger partial charge in [-0.15, -0.1) is 0 Å². The van der Waals surface area contributed by atoms with E-state index in [9.17, 15) is 9.59 Å². The summed E-state index contributed by atoms with van der Waals surface area (Å²) >= 11 is 5.88. The van der Waals surface area contributed by atoms with E-state index < -0.39 is 6.03 Å². The Hall–Kier alpha value is -2.81. The van der Waals surface area contributed by atoms with Crippen LogP contribution in [0.5, 0.6) is 5.75 Å². The standard InChI is InChI=1S/C24H31ClN4O4/c1-15-12-26-16(2)14-33-21-11-19(28-24(31)27-18-7-5-17(25)6-8-18)9-10-20(21)23(30)29(3)13-22(15)32-4/h5-11,15-16,22,26H,12-14H2,1-4H3,(H2,27,28,31)/t15-,16+,22-/m0/s1. The topological polar surface area (TPSA) is 91.9 Å². The number of fused-ring (bicyclic) bond motifs is 1. The third kappa shape index (κ3) is 6.83. The van der Waals surface area contributed by atoms with E-state index in [1.54, 1.807) is 61.5 Å². The highest BCUT2D eigenvalue weighted by atomic mass is 35.5. The molecule has 0 fully saturated rings. The van der Waals surface area contributed by atoms with Crippen LogP contribution in [0.25, 0.3) is 0 Å². The zero-order chi connectivity index (χ0) is 24.0. The molecule has 1 heterocycles. The number of carbonyl (C=O) groups is 2. The molecule has 3 rings (SSSR count). The van der Waals surface area contributed by atoms with Crippen LogP contribution >= 0.6 is 11.6 Å². The van der Waals surface area contributed by atoms with Gasteiger partial charge in [-0.2, -0.15) is 0 Å². The van der Waals surface area contributed by atoms with Crippen molar-refractivity contribution in [3.8, 4) is 5.75 Å². The van der Waals surface area contributed by atoms with Crippen molar-refractivity contribution in [2.24, 2.45) is 5.92 Å². The van der Waals surface area contributed by atoms with Crippen LogP contribution in [0.2, 0.25) is 5.02 Å². The number of likely N-dealkylation sites (N-methyl/N-ethyl adjacent to an activating group) is 1. The monoisotopic (exact) mass is 474 g/mol. The first-order valence-corrected chi connectivity index (χ1v) is 11.3. The highest BCUT2D eigenvalue weighted by molar-refractivity contribution is 6.30. The van der Waals surface area contributed by atoms with Gasteiger partial charge >= 0.3 is 6.03 Å². The number of hydrogen-bond acceptors (Lipinski definition) is 5. The molecule has 0 saturated carbocycles. The molecule has 0 unspecified atom stereocenters. The summed E-state index contributed by atoms with van der Waals surface area (Å²) in [5.74, 6) is 0.460. The van der Waals surface area contributed by atoms with E-state index in [0.29, 0.717) is 40.9 Å². The van der Waals surface area contributed by atoms with Crippen LogP contribution in [0.1, 0.15) is 24.2 Å². The quantitative estimate of drug-likeness (QED) is 0.623. The van der Waals surface area contributed by atoms with E-state index in [1.807, 2.05) is 6.92 Å². The van der Waals surface area contributed by atoms with Gasteiger partial charge in [-0.25, -0.2) is 4.79 Å². The third-order valence-corrected chi connectivity index (χ3v) is 5.84. The first-order valence-electron chi connectivity index (χ1n) is 10.9. The van der Waals surface area contributed by atoms with Gasteiger partial charge in [0.15, 0.2) is 0 Å². The minimum absolute atomic E-state index is 0.0647. The lowest BCUT2D eigenvalue weighted by atomic mass is 10.0. The minimum atomic E-state index is -0.416. The van der Waals surface area contributed by atoms with Crippen molar-refractivity contribution in [2.75, 3.05) is 44.5 Å². The number of nitrogens with zero attached hydrogens (tertiary/aromatic N) is 1. The molecule has 2 aromatic rings. The molecular weight excluding hydrogens is 444 g/mol. The fourth-order valence-electron chi connectivity index (χ4n) is 3.56. The van der Waals surface area contributed by atoms with Crippen molar-refractivity contribution in [1.82, 2.24) is 10.2 Å². The molecular formula is C24H31ClN4O4. The number of methoxy groups -OCH3 is 1. The maximum Gasteiger partial charge on any atom is 0.323 e. The first kappa shape index (κ1) is 24.8. The molecule has 9 heteroatoms. The number of halogens is 1. The summed E-state index contributed by atoms with van der Waals surface area (Å²) < 4.78 is 11.6. The summed E-state index contributed by atoms with van der Waals surface area (Å²) in [6.45, 7) is 5.68. The molecule has 0 spiro atoms. The predicted octanol–water partition coefficient (Wildman–Crippen LogP) is 4.08. The van der Waals surface area contributed by atoms with Crippen LogP contribution in [0.4, 0.5) is 16.2 Å². The average molecular weight is 475 g/mol. The lowest BCUT2D eigenvalue weighted by molar-refractivity contribution is 0.0281. The SMILES string of the molecule is CO[C@H]1CN(C)C(=O)c2ccc(NC(=O)Nc3ccc(Cl)cc3)cc2OC[C@@H](C)NC[C@@H]1C. The van der Waals surface area contributed by atoms with Gasteiger partial charge in [-0.1, -0.05) is 18.5 Å². The zero-order valence-corrected chi connectivity index (χ0v) is 20.1. The summed E-state index contributed by atoms with van der Waals surface area (Å²) in [6, 6.07) is 11.5. The lowest BCUT2D eigenvalue weighted by Crippen LogP contribution is -2.44. The van der Waals surface area contributed by atoms with Crippen molar-refractivity contribution in [3.05, 3.63) is 53.1 Å². The second-order valence-corrected chi connectivity index (χ2v) is 8.79. The maximum atomic E-state index is 13.2. The molecule has 8 nitrogen and oxygen atoms in total. The van der Waals surface area contributed by atoms with Crippen molar-refractivity contribution in [1.29, 1.82) is 0 Å². The molecule has 0 radical (unpaired) electrons. The molecule has 0 aromatic heterocycles. The van der Waals surface area contributed by atoms with Crippen LogP contribution in [0, 0.1) is 5.92 Å². The second kappa shape index (κ2) is 11.4. The number of anilines is 2. The van der Waals surface area contributed by atoms with Gasteiger partial charge in [-0.05, 0) is 49.2 Å². The normalized spacial score (nSPS) is 21.8. The summed E-state index contributed by atoms with van der Waals surface area (Å²) in [5, 5.41) is 9.56. The molecule has 0 bridgehead atoms. The van der Waals surface area contributed by atoms with Crippen LogP contribution < -0.4 is 20.7 Å². The highest BCUT2D eigenvalue weighted by Crippen LogP contribution is 2.26. The molecule has 33 heavy (non-hydrogen) atoms. The molecule has 3 atom stereocenters. The summed E-state index contributed by atoms with van der Waals surface area (Å²) in [4.78, 5) is 27.2. The summed E-state index contributed by atoms with van der Waals surface area (Å²) in [5.41, 5.74) is 1.54. The van der Waals surface area contributed by atoms with E-state index in [4.69, 9.17) is 21.1 Å². The molecule has 3 amide bonds. The Morgan fingerprint density at radius 3 is 2.52 bits per heavy atom. The van der Waals surface area contributed by atoms with Crippen LogP contribution in [0.3, 0.4) is 0 Å². The van der Waals surface area contributed by atoms with Gasteiger partial charge in [0, 0.05) is 55.8 Å². The van der Waals surface area contributed by atoms with Gasteiger partial charge in [0.2, 0.25) is 0 Å². The van der Waals surface area contributed by atoms with E-state index in [2.05, 4.69) is 22.9 Å². The summed E-state index contributed by atoms with van der Waals surface area (Å²) in [6.07, 6.45) is -0.0973.